The highest BCUT2D eigenvalue weighted by Gasteiger charge is 2.59. The monoisotopic (exact) mass is 306 g/mol. The van der Waals surface area contributed by atoms with Gasteiger partial charge in [-0.3, -0.25) is 4.79 Å². The van der Waals surface area contributed by atoms with Gasteiger partial charge in [0.15, 0.2) is 0 Å². The molecule has 2 fully saturated rings. The number of ketones is 1. The number of fused-ring (bicyclic) bond motifs is 3. The molecule has 0 amide bonds. The fraction of sp³-hybridized carbons (Fsp3) is 0.842. The molecule has 3 aliphatic rings. The van der Waals surface area contributed by atoms with Crippen LogP contribution in [-0.4, -0.2) is 28.7 Å². The molecule has 3 aliphatic carbocycles. The molecule has 0 bridgehead atoms. The van der Waals surface area contributed by atoms with Gasteiger partial charge < -0.3 is 10.2 Å². The van der Waals surface area contributed by atoms with E-state index in [9.17, 15) is 15.0 Å². The van der Waals surface area contributed by atoms with Gasteiger partial charge in [0.05, 0.1) is 12.7 Å². The molecule has 0 aliphatic heterocycles. The Morgan fingerprint density at radius 2 is 2.00 bits per heavy atom. The van der Waals surface area contributed by atoms with Gasteiger partial charge in [-0.05, 0) is 54.4 Å². The van der Waals surface area contributed by atoms with Crippen LogP contribution in [0.5, 0.6) is 0 Å². The first-order chi connectivity index (χ1) is 10.4. The third kappa shape index (κ3) is 2.05. The van der Waals surface area contributed by atoms with Crippen LogP contribution in [0.4, 0.5) is 0 Å². The van der Waals surface area contributed by atoms with E-state index in [-0.39, 0.29) is 23.4 Å². The molecule has 0 radical (unpaired) electrons. The van der Waals surface area contributed by atoms with E-state index in [1.54, 1.807) is 0 Å². The van der Waals surface area contributed by atoms with E-state index in [0.29, 0.717) is 24.0 Å². The Bertz CT molecular complexity index is 497. The second-order valence-corrected chi connectivity index (χ2v) is 8.22. The number of rotatable bonds is 3. The summed E-state index contributed by atoms with van der Waals surface area (Å²) in [5.74, 6) is 1.27. The summed E-state index contributed by atoms with van der Waals surface area (Å²) in [7, 11) is 0. The molecule has 3 rings (SSSR count). The Kier molecular flexibility index (Phi) is 4.01. The Morgan fingerprint density at radius 3 is 2.64 bits per heavy atom. The highest BCUT2D eigenvalue weighted by molar-refractivity contribution is 5.87. The van der Waals surface area contributed by atoms with E-state index in [1.807, 2.05) is 6.08 Å². The van der Waals surface area contributed by atoms with Gasteiger partial charge in [0, 0.05) is 11.8 Å². The van der Waals surface area contributed by atoms with Crippen molar-refractivity contribution in [3.05, 3.63) is 11.6 Å². The van der Waals surface area contributed by atoms with Gasteiger partial charge in [-0.15, -0.1) is 0 Å². The van der Waals surface area contributed by atoms with Crippen LogP contribution in [-0.2, 0) is 4.79 Å². The van der Waals surface area contributed by atoms with Crippen molar-refractivity contribution in [2.45, 2.75) is 65.4 Å². The highest BCUT2D eigenvalue weighted by atomic mass is 16.3. The minimum absolute atomic E-state index is 0.0274. The Hall–Kier alpha value is -0.670. The fourth-order valence-electron chi connectivity index (χ4n) is 6.03. The smallest absolute Gasteiger partial charge is 0.139 e. The van der Waals surface area contributed by atoms with Gasteiger partial charge in [0.1, 0.15) is 5.78 Å². The molecule has 0 aromatic rings. The summed E-state index contributed by atoms with van der Waals surface area (Å²) in [6.45, 7) is 6.61. The Morgan fingerprint density at radius 1 is 1.27 bits per heavy atom. The van der Waals surface area contributed by atoms with E-state index >= 15 is 0 Å². The molecule has 2 saturated carbocycles. The van der Waals surface area contributed by atoms with Crippen molar-refractivity contribution < 1.29 is 15.0 Å². The van der Waals surface area contributed by atoms with Crippen LogP contribution in [0.3, 0.4) is 0 Å². The number of hydrogen-bond donors (Lipinski definition) is 2. The van der Waals surface area contributed by atoms with Gasteiger partial charge in [0.2, 0.25) is 0 Å². The maximum Gasteiger partial charge on any atom is 0.139 e. The summed E-state index contributed by atoms with van der Waals surface area (Å²) < 4.78 is 0. The van der Waals surface area contributed by atoms with E-state index in [0.717, 1.165) is 37.7 Å². The topological polar surface area (TPSA) is 57.5 Å². The molecule has 6 atom stereocenters. The molecule has 3 heteroatoms. The summed E-state index contributed by atoms with van der Waals surface area (Å²) in [5.41, 5.74) is 0.760. The van der Waals surface area contributed by atoms with Crippen LogP contribution in [0, 0.1) is 28.6 Å². The molecule has 2 N–H and O–H groups in total. The van der Waals surface area contributed by atoms with Crippen molar-refractivity contribution in [1.82, 2.24) is 0 Å². The molecule has 0 spiro atoms. The highest BCUT2D eigenvalue weighted by Crippen LogP contribution is 2.62. The SMILES string of the molecule is CCC[C@@]1(C)C(CO)=CC(O)C2C1CC[C@]1(C)C(=O)CCC21. The Labute approximate surface area is 133 Å². The van der Waals surface area contributed by atoms with Crippen LogP contribution >= 0.6 is 0 Å². The second-order valence-electron chi connectivity index (χ2n) is 8.22. The predicted molar refractivity (Wildman–Crippen MR) is 86.2 cm³/mol. The first-order valence-electron chi connectivity index (χ1n) is 8.92. The lowest BCUT2D eigenvalue weighted by molar-refractivity contribution is -0.135. The van der Waals surface area contributed by atoms with Crippen molar-refractivity contribution in [1.29, 1.82) is 0 Å². The van der Waals surface area contributed by atoms with E-state index < -0.39 is 6.10 Å². The molecular weight excluding hydrogens is 276 g/mol. The van der Waals surface area contributed by atoms with E-state index in [1.165, 1.54) is 0 Å². The lowest BCUT2D eigenvalue weighted by Crippen LogP contribution is -2.53. The van der Waals surface area contributed by atoms with Crippen molar-refractivity contribution in [2.75, 3.05) is 6.61 Å². The van der Waals surface area contributed by atoms with Gasteiger partial charge >= 0.3 is 0 Å². The molecule has 0 heterocycles. The zero-order chi connectivity index (χ0) is 16.1. The number of aliphatic hydroxyl groups is 2. The average Bonchev–Trinajstić information content (AvgIpc) is 2.78. The molecular formula is C19H30O3. The van der Waals surface area contributed by atoms with Crippen molar-refractivity contribution in [3.63, 3.8) is 0 Å². The summed E-state index contributed by atoms with van der Waals surface area (Å²) >= 11 is 0. The molecule has 4 unspecified atom stereocenters. The molecule has 3 nitrogen and oxygen atoms in total. The van der Waals surface area contributed by atoms with Gasteiger partial charge in [-0.1, -0.05) is 33.3 Å². The normalized spacial score (nSPS) is 47.9. The summed E-state index contributed by atoms with van der Waals surface area (Å²) in [4.78, 5) is 12.4. The largest absolute Gasteiger partial charge is 0.392 e. The molecule has 124 valence electrons. The summed E-state index contributed by atoms with van der Waals surface area (Å²) in [5, 5.41) is 20.6. The van der Waals surface area contributed by atoms with Gasteiger partial charge in [-0.2, -0.15) is 0 Å². The summed E-state index contributed by atoms with van der Waals surface area (Å²) in [6.07, 6.45) is 7.07. The lowest BCUT2D eigenvalue weighted by Gasteiger charge is -2.56. The number of Topliss-reactive ketones (excluding diaryl/α,β-unsaturated/α-hetero) is 1. The van der Waals surface area contributed by atoms with Crippen LogP contribution in [0.15, 0.2) is 11.6 Å². The van der Waals surface area contributed by atoms with Gasteiger partial charge in [0.25, 0.3) is 0 Å². The van der Waals surface area contributed by atoms with Crippen LogP contribution < -0.4 is 0 Å². The third-order valence-electron chi connectivity index (χ3n) is 7.30. The predicted octanol–water partition coefficient (Wildman–Crippen LogP) is 3.10. The fourth-order valence-corrected chi connectivity index (χ4v) is 6.03. The lowest BCUT2D eigenvalue weighted by atomic mass is 9.49. The molecule has 0 aromatic carbocycles. The third-order valence-corrected chi connectivity index (χ3v) is 7.30. The quantitative estimate of drug-likeness (QED) is 0.788. The first-order valence-corrected chi connectivity index (χ1v) is 8.92. The van der Waals surface area contributed by atoms with E-state index in [4.69, 9.17) is 0 Å². The Balaban J connectivity index is 2.02. The number of carbonyl (C=O) groups excluding carboxylic acids is 1. The van der Waals surface area contributed by atoms with Crippen LogP contribution in [0.1, 0.15) is 59.3 Å². The van der Waals surface area contributed by atoms with Crippen LogP contribution in [0.25, 0.3) is 0 Å². The number of aliphatic hydroxyl groups excluding tert-OH is 2. The minimum Gasteiger partial charge on any atom is -0.392 e. The molecule has 22 heavy (non-hydrogen) atoms. The zero-order valence-corrected chi connectivity index (χ0v) is 14.1. The number of carbonyl (C=O) groups is 1. The number of hydrogen-bond acceptors (Lipinski definition) is 3. The minimum atomic E-state index is -0.507. The molecule has 0 saturated heterocycles. The van der Waals surface area contributed by atoms with Gasteiger partial charge in [-0.25, -0.2) is 0 Å². The molecule has 0 aromatic heterocycles. The van der Waals surface area contributed by atoms with Crippen molar-refractivity contribution in [2.24, 2.45) is 28.6 Å². The maximum atomic E-state index is 12.4. The van der Waals surface area contributed by atoms with Crippen molar-refractivity contribution in [3.8, 4) is 0 Å². The average molecular weight is 306 g/mol. The van der Waals surface area contributed by atoms with Crippen molar-refractivity contribution >= 4 is 5.78 Å². The maximum absolute atomic E-state index is 12.4. The zero-order valence-electron chi connectivity index (χ0n) is 14.1. The van der Waals surface area contributed by atoms with E-state index in [2.05, 4.69) is 20.8 Å². The second kappa shape index (κ2) is 5.45. The standard InChI is InChI=1S/C19H30O3/c1-4-8-18(2)12(11-20)10-15(21)17-13-5-6-16(22)19(13,3)9-7-14(17)18/h10,13-15,17,20-21H,4-9,11H2,1-3H3/t13?,14?,15?,17?,18-,19-/m0/s1. The van der Waals surface area contributed by atoms with Crippen LogP contribution in [0.2, 0.25) is 0 Å². The summed E-state index contributed by atoms with van der Waals surface area (Å²) in [6, 6.07) is 0. The first kappa shape index (κ1) is 16.2.